The van der Waals surface area contributed by atoms with Gasteiger partial charge in [-0.3, -0.25) is 0 Å². The van der Waals surface area contributed by atoms with Crippen LogP contribution in [0.1, 0.15) is 11.1 Å². The topological polar surface area (TPSA) is 48.7 Å². The zero-order chi connectivity index (χ0) is 18.9. The maximum atomic E-state index is 13.4. The maximum Gasteiger partial charge on any atom is 0.417 e. The van der Waals surface area contributed by atoms with E-state index in [1.165, 1.54) is 37.4 Å². The fourth-order valence-electron chi connectivity index (χ4n) is 2.49. The number of hydrogen-bond acceptors (Lipinski definition) is 4. The van der Waals surface area contributed by atoms with Gasteiger partial charge in [0.15, 0.2) is 0 Å². The number of fused-ring (bicyclic) bond motifs is 1. The molecule has 0 saturated heterocycles. The highest BCUT2D eigenvalue weighted by molar-refractivity contribution is 5.82. The Morgan fingerprint density at radius 2 is 1.85 bits per heavy atom. The molecule has 0 aliphatic rings. The van der Waals surface area contributed by atoms with Crippen LogP contribution in [0.2, 0.25) is 0 Å². The Labute approximate surface area is 144 Å². The van der Waals surface area contributed by atoms with Crippen molar-refractivity contribution in [2.24, 2.45) is 0 Å². The van der Waals surface area contributed by atoms with E-state index < -0.39 is 23.2 Å². The summed E-state index contributed by atoms with van der Waals surface area (Å²) < 4.78 is 67.8. The van der Waals surface area contributed by atoms with Crippen LogP contribution in [0.3, 0.4) is 0 Å². The molecule has 0 bridgehead atoms. The minimum Gasteiger partial charge on any atom is -0.496 e. The molecule has 0 unspecified atom stereocenters. The second-order valence-corrected chi connectivity index (χ2v) is 5.38. The second-order valence-electron chi connectivity index (χ2n) is 5.38. The van der Waals surface area contributed by atoms with E-state index in [9.17, 15) is 22.4 Å². The first-order valence-corrected chi connectivity index (χ1v) is 7.38. The number of ether oxygens (including phenoxy) is 2. The molecule has 0 aliphatic heterocycles. The van der Waals surface area contributed by atoms with Crippen molar-refractivity contribution < 1.29 is 31.5 Å². The van der Waals surface area contributed by atoms with E-state index in [-0.39, 0.29) is 23.3 Å². The summed E-state index contributed by atoms with van der Waals surface area (Å²) in [4.78, 5) is 11.4. The van der Waals surface area contributed by atoms with Gasteiger partial charge in [0, 0.05) is 23.1 Å². The third-order valence-corrected chi connectivity index (χ3v) is 3.66. The van der Waals surface area contributed by atoms with Gasteiger partial charge in [-0.2, -0.15) is 13.2 Å². The molecule has 136 valence electrons. The maximum absolute atomic E-state index is 13.4. The first kappa shape index (κ1) is 17.8. The number of alkyl halides is 3. The van der Waals surface area contributed by atoms with Crippen LogP contribution >= 0.6 is 0 Å². The van der Waals surface area contributed by atoms with Crippen LogP contribution in [-0.2, 0) is 12.8 Å². The minimum atomic E-state index is -4.69. The molecule has 26 heavy (non-hydrogen) atoms. The third-order valence-electron chi connectivity index (χ3n) is 3.66. The van der Waals surface area contributed by atoms with E-state index >= 15 is 0 Å². The van der Waals surface area contributed by atoms with E-state index in [1.807, 2.05) is 0 Å². The average Bonchev–Trinajstić information content (AvgIpc) is 2.58. The van der Waals surface area contributed by atoms with Crippen LogP contribution in [-0.4, -0.2) is 7.11 Å². The zero-order valence-corrected chi connectivity index (χ0v) is 13.4. The molecule has 0 amide bonds. The summed E-state index contributed by atoms with van der Waals surface area (Å²) in [7, 11) is 1.42. The van der Waals surface area contributed by atoms with E-state index in [4.69, 9.17) is 13.9 Å². The van der Waals surface area contributed by atoms with Crippen LogP contribution in [0, 0.1) is 5.82 Å². The third kappa shape index (κ3) is 3.63. The lowest BCUT2D eigenvalue weighted by Crippen LogP contribution is -2.11. The molecular weight excluding hydrogens is 356 g/mol. The van der Waals surface area contributed by atoms with Crippen molar-refractivity contribution in [1.29, 1.82) is 0 Å². The van der Waals surface area contributed by atoms with Crippen LogP contribution in [0.15, 0.2) is 51.7 Å². The number of methoxy groups -OCH3 is 1. The lowest BCUT2D eigenvalue weighted by atomic mass is 10.1. The van der Waals surface area contributed by atoms with Crippen molar-refractivity contribution in [2.75, 3.05) is 7.11 Å². The quantitative estimate of drug-likeness (QED) is 0.501. The number of halogens is 4. The van der Waals surface area contributed by atoms with Gasteiger partial charge >= 0.3 is 11.8 Å². The van der Waals surface area contributed by atoms with Gasteiger partial charge in [0.25, 0.3) is 0 Å². The van der Waals surface area contributed by atoms with Gasteiger partial charge in [-0.1, -0.05) is 0 Å². The Morgan fingerprint density at radius 1 is 1.08 bits per heavy atom. The van der Waals surface area contributed by atoms with Crippen LogP contribution in [0.4, 0.5) is 17.6 Å². The number of rotatable bonds is 4. The smallest absolute Gasteiger partial charge is 0.417 e. The normalized spacial score (nSPS) is 11.6. The van der Waals surface area contributed by atoms with Crippen molar-refractivity contribution >= 4 is 11.0 Å². The first-order valence-electron chi connectivity index (χ1n) is 7.38. The van der Waals surface area contributed by atoms with Crippen LogP contribution < -0.4 is 15.1 Å². The minimum absolute atomic E-state index is 0.0877. The molecule has 3 aromatic rings. The van der Waals surface area contributed by atoms with Crippen LogP contribution in [0.25, 0.3) is 11.0 Å². The molecule has 0 radical (unpaired) electrons. The molecule has 0 fully saturated rings. The standard InChI is InChI=1S/C18H12F4O4/c1-24-15-5-2-11(19)6-10(15)9-25-12-3-4-13-14(18(20,21)22)8-17(23)26-16(13)7-12/h2-8H,9H2,1H3. The highest BCUT2D eigenvalue weighted by atomic mass is 19.4. The van der Waals surface area contributed by atoms with Gasteiger partial charge in [-0.05, 0) is 30.3 Å². The molecule has 0 N–H and O–H groups in total. The molecule has 1 aromatic heterocycles. The average molecular weight is 368 g/mol. The summed E-state index contributed by atoms with van der Waals surface area (Å²) in [6.45, 7) is -0.0877. The summed E-state index contributed by atoms with van der Waals surface area (Å²) in [5.74, 6) is 0.0769. The van der Waals surface area contributed by atoms with Crippen molar-refractivity contribution in [2.45, 2.75) is 12.8 Å². The van der Waals surface area contributed by atoms with Crippen molar-refractivity contribution in [3.05, 3.63) is 69.8 Å². The van der Waals surface area contributed by atoms with E-state index in [0.717, 1.165) is 6.07 Å². The molecule has 8 heteroatoms. The van der Waals surface area contributed by atoms with Gasteiger partial charge in [-0.15, -0.1) is 0 Å². The predicted molar refractivity (Wildman–Crippen MR) is 84.8 cm³/mol. The molecular formula is C18H12F4O4. The molecule has 3 rings (SSSR count). The second kappa shape index (κ2) is 6.70. The lowest BCUT2D eigenvalue weighted by molar-refractivity contribution is -0.136. The molecule has 2 aromatic carbocycles. The Bertz CT molecular complexity index is 1010. The number of hydrogen-bond donors (Lipinski definition) is 0. The largest absolute Gasteiger partial charge is 0.496 e. The summed E-state index contributed by atoms with van der Waals surface area (Å²) >= 11 is 0. The molecule has 4 nitrogen and oxygen atoms in total. The summed E-state index contributed by atoms with van der Waals surface area (Å²) in [6.07, 6.45) is -4.69. The van der Waals surface area contributed by atoms with Crippen molar-refractivity contribution in [1.82, 2.24) is 0 Å². The molecule has 0 spiro atoms. The van der Waals surface area contributed by atoms with Gasteiger partial charge in [0.2, 0.25) is 0 Å². The predicted octanol–water partition coefficient (Wildman–Crippen LogP) is 4.54. The van der Waals surface area contributed by atoms with Crippen molar-refractivity contribution in [3.63, 3.8) is 0 Å². The first-order chi connectivity index (χ1) is 12.3. The Hall–Kier alpha value is -3.03. The van der Waals surface area contributed by atoms with Gasteiger partial charge in [-0.25, -0.2) is 9.18 Å². The van der Waals surface area contributed by atoms with E-state index in [2.05, 4.69) is 0 Å². The Kier molecular flexibility index (Phi) is 4.58. The van der Waals surface area contributed by atoms with E-state index in [1.54, 1.807) is 0 Å². The summed E-state index contributed by atoms with van der Waals surface area (Å²) in [5.41, 5.74) is -2.04. The molecule has 0 aliphatic carbocycles. The highest BCUT2D eigenvalue weighted by Crippen LogP contribution is 2.35. The number of benzene rings is 2. The van der Waals surface area contributed by atoms with Gasteiger partial charge in [0.1, 0.15) is 29.5 Å². The fraction of sp³-hybridized carbons (Fsp3) is 0.167. The molecule has 1 heterocycles. The molecule has 0 saturated carbocycles. The van der Waals surface area contributed by atoms with Gasteiger partial charge < -0.3 is 13.9 Å². The lowest BCUT2D eigenvalue weighted by Gasteiger charge is -2.12. The fourth-order valence-corrected chi connectivity index (χ4v) is 2.49. The SMILES string of the molecule is COc1ccc(F)cc1COc1ccc2c(C(F)(F)F)cc(=O)oc2c1. The Morgan fingerprint density at radius 3 is 2.54 bits per heavy atom. The highest BCUT2D eigenvalue weighted by Gasteiger charge is 2.33. The summed E-state index contributed by atoms with van der Waals surface area (Å²) in [6, 6.07) is 7.93. The zero-order valence-electron chi connectivity index (χ0n) is 13.4. The summed E-state index contributed by atoms with van der Waals surface area (Å²) in [5, 5.41) is -0.257. The Balaban J connectivity index is 1.93. The molecule has 0 atom stereocenters. The van der Waals surface area contributed by atoms with Crippen molar-refractivity contribution in [3.8, 4) is 11.5 Å². The monoisotopic (exact) mass is 368 g/mol. The van der Waals surface area contributed by atoms with Crippen LogP contribution in [0.5, 0.6) is 11.5 Å². The van der Waals surface area contributed by atoms with Gasteiger partial charge in [0.05, 0.1) is 12.7 Å². The van der Waals surface area contributed by atoms with E-state index in [0.29, 0.717) is 17.4 Å².